The number of rotatable bonds is 5. The first-order valence-corrected chi connectivity index (χ1v) is 10.0. The van der Waals surface area contributed by atoms with E-state index in [2.05, 4.69) is 0 Å². The Bertz CT molecular complexity index is 716. The molecule has 1 aliphatic heterocycles. The van der Waals surface area contributed by atoms with Gasteiger partial charge in [-0.2, -0.15) is 0 Å². The molecule has 1 atom stereocenters. The van der Waals surface area contributed by atoms with Gasteiger partial charge in [0.25, 0.3) is 0 Å². The molecule has 23 heavy (non-hydrogen) atoms. The van der Waals surface area contributed by atoms with E-state index < -0.39 is 9.84 Å². The molecule has 1 aromatic rings. The number of carbonyl (C=O) groups excluding carboxylic acids is 1. The molecule has 0 saturated carbocycles. The fourth-order valence-corrected chi connectivity index (χ4v) is 4.74. The van der Waals surface area contributed by atoms with Gasteiger partial charge >= 0.3 is 0 Å². The van der Waals surface area contributed by atoms with Gasteiger partial charge in [0.2, 0.25) is 5.91 Å². The van der Waals surface area contributed by atoms with Gasteiger partial charge < -0.3 is 4.90 Å². The Labute approximate surface area is 147 Å². The SMILES string of the molecule is CCCN(C(=O)/C=C/c1cccc(Cl)c1Cl)C1CCS(=O)(=O)C1. The predicted molar refractivity (Wildman–Crippen MR) is 94.6 cm³/mol. The van der Waals surface area contributed by atoms with E-state index in [1.807, 2.05) is 6.92 Å². The molecule has 0 aromatic heterocycles. The number of amides is 1. The Morgan fingerprint density at radius 3 is 2.74 bits per heavy atom. The monoisotopic (exact) mass is 375 g/mol. The topological polar surface area (TPSA) is 54.5 Å². The highest BCUT2D eigenvalue weighted by molar-refractivity contribution is 7.91. The van der Waals surface area contributed by atoms with Gasteiger partial charge in [-0.15, -0.1) is 0 Å². The van der Waals surface area contributed by atoms with E-state index in [1.165, 1.54) is 6.08 Å². The lowest BCUT2D eigenvalue weighted by molar-refractivity contribution is -0.127. The predicted octanol–water partition coefficient (Wildman–Crippen LogP) is 3.43. The van der Waals surface area contributed by atoms with E-state index in [0.717, 1.165) is 6.42 Å². The molecule has 7 heteroatoms. The molecule has 4 nitrogen and oxygen atoms in total. The molecule has 2 rings (SSSR count). The Kier molecular flexibility index (Phi) is 6.12. The molecule has 0 N–H and O–H groups in total. The van der Waals surface area contributed by atoms with E-state index in [4.69, 9.17) is 23.2 Å². The third kappa shape index (κ3) is 4.72. The standard InChI is InChI=1S/C16H19Cl2NO3S/c1-2-9-19(13-8-10-23(21,22)11-13)15(20)7-6-12-4-3-5-14(17)16(12)18/h3-7,13H,2,8-11H2,1H3/b7-6+. The van der Waals surface area contributed by atoms with Crippen molar-refractivity contribution >= 4 is 45.0 Å². The second-order valence-corrected chi connectivity index (χ2v) is 8.58. The summed E-state index contributed by atoms with van der Waals surface area (Å²) >= 11 is 12.0. The molecule has 0 bridgehead atoms. The Balaban J connectivity index is 2.15. The number of benzene rings is 1. The molecule has 1 amide bonds. The van der Waals surface area contributed by atoms with Crippen LogP contribution in [0.15, 0.2) is 24.3 Å². The molecular formula is C16H19Cl2NO3S. The summed E-state index contributed by atoms with van der Waals surface area (Å²) in [5, 5.41) is 0.817. The van der Waals surface area contributed by atoms with Gasteiger partial charge in [0.1, 0.15) is 0 Å². The average molecular weight is 376 g/mol. The first-order valence-electron chi connectivity index (χ1n) is 7.47. The van der Waals surface area contributed by atoms with Gasteiger partial charge in [-0.1, -0.05) is 42.3 Å². The second kappa shape index (κ2) is 7.69. The minimum absolute atomic E-state index is 0.0461. The zero-order chi connectivity index (χ0) is 17.0. The first kappa shape index (κ1) is 18.3. The van der Waals surface area contributed by atoms with Crippen molar-refractivity contribution in [3.8, 4) is 0 Å². The second-order valence-electron chi connectivity index (χ2n) is 5.56. The summed E-state index contributed by atoms with van der Waals surface area (Å²) in [6.07, 6.45) is 4.31. The third-order valence-corrected chi connectivity index (χ3v) is 6.37. The molecule has 1 heterocycles. The van der Waals surface area contributed by atoms with Crippen LogP contribution in [0.3, 0.4) is 0 Å². The molecule has 1 unspecified atom stereocenters. The summed E-state index contributed by atoms with van der Waals surface area (Å²) in [6.45, 7) is 2.49. The number of hydrogen-bond donors (Lipinski definition) is 0. The fourth-order valence-electron chi connectivity index (χ4n) is 2.64. The summed E-state index contributed by atoms with van der Waals surface area (Å²) < 4.78 is 23.3. The number of sulfone groups is 1. The molecule has 1 fully saturated rings. The molecule has 126 valence electrons. The van der Waals surface area contributed by atoms with E-state index in [0.29, 0.717) is 28.6 Å². The average Bonchev–Trinajstić information content (AvgIpc) is 2.86. The summed E-state index contributed by atoms with van der Waals surface area (Å²) in [7, 11) is -3.03. The fraction of sp³-hybridized carbons (Fsp3) is 0.438. The van der Waals surface area contributed by atoms with Crippen LogP contribution >= 0.6 is 23.2 Å². The van der Waals surface area contributed by atoms with Crippen LogP contribution < -0.4 is 0 Å². The molecule has 0 aliphatic carbocycles. The van der Waals surface area contributed by atoms with E-state index >= 15 is 0 Å². The first-order chi connectivity index (χ1) is 10.8. The van der Waals surface area contributed by atoms with Crippen molar-refractivity contribution in [2.75, 3.05) is 18.1 Å². The molecule has 0 radical (unpaired) electrons. The zero-order valence-corrected chi connectivity index (χ0v) is 15.2. The minimum Gasteiger partial charge on any atom is -0.335 e. The highest BCUT2D eigenvalue weighted by atomic mass is 35.5. The normalized spacial score (nSPS) is 20.0. The highest BCUT2D eigenvalue weighted by Gasteiger charge is 2.33. The molecule has 1 aliphatic rings. The molecule has 1 aromatic carbocycles. The maximum Gasteiger partial charge on any atom is 0.246 e. The van der Waals surface area contributed by atoms with Crippen molar-refractivity contribution < 1.29 is 13.2 Å². The zero-order valence-electron chi connectivity index (χ0n) is 12.8. The smallest absolute Gasteiger partial charge is 0.246 e. The quantitative estimate of drug-likeness (QED) is 0.740. The number of halogens is 2. The Morgan fingerprint density at radius 1 is 1.39 bits per heavy atom. The summed E-state index contributed by atoms with van der Waals surface area (Å²) in [5.74, 6) is -0.00976. The van der Waals surface area contributed by atoms with Gasteiger partial charge in [-0.3, -0.25) is 4.79 Å². The van der Waals surface area contributed by atoms with Crippen LogP contribution in [0.1, 0.15) is 25.3 Å². The summed E-state index contributed by atoms with van der Waals surface area (Å²) in [5.41, 5.74) is 0.656. The van der Waals surface area contributed by atoms with Crippen molar-refractivity contribution in [1.82, 2.24) is 4.90 Å². The Hall–Kier alpha value is -1.04. The number of hydrogen-bond acceptors (Lipinski definition) is 3. The highest BCUT2D eigenvalue weighted by Crippen LogP contribution is 2.26. The van der Waals surface area contributed by atoms with Crippen molar-refractivity contribution in [2.45, 2.75) is 25.8 Å². The summed E-state index contributed by atoms with van der Waals surface area (Å²) in [4.78, 5) is 14.1. The molecule has 0 spiro atoms. The van der Waals surface area contributed by atoms with Crippen LogP contribution in [-0.4, -0.2) is 43.3 Å². The molecule has 1 saturated heterocycles. The lowest BCUT2D eigenvalue weighted by Crippen LogP contribution is -2.40. The maximum absolute atomic E-state index is 12.5. The van der Waals surface area contributed by atoms with Crippen LogP contribution in [0, 0.1) is 0 Å². The lowest BCUT2D eigenvalue weighted by atomic mass is 10.1. The van der Waals surface area contributed by atoms with Crippen molar-refractivity contribution in [1.29, 1.82) is 0 Å². The lowest BCUT2D eigenvalue weighted by Gasteiger charge is -2.26. The number of nitrogens with zero attached hydrogens (tertiary/aromatic N) is 1. The largest absolute Gasteiger partial charge is 0.335 e. The van der Waals surface area contributed by atoms with Crippen molar-refractivity contribution in [3.63, 3.8) is 0 Å². The van der Waals surface area contributed by atoms with Crippen LogP contribution in [-0.2, 0) is 14.6 Å². The van der Waals surface area contributed by atoms with E-state index in [9.17, 15) is 13.2 Å². The van der Waals surface area contributed by atoms with Gasteiger partial charge in [0.15, 0.2) is 9.84 Å². The third-order valence-electron chi connectivity index (χ3n) is 3.78. The van der Waals surface area contributed by atoms with E-state index in [-0.39, 0.29) is 23.5 Å². The maximum atomic E-state index is 12.5. The van der Waals surface area contributed by atoms with Crippen LogP contribution in [0.5, 0.6) is 0 Å². The van der Waals surface area contributed by atoms with Gasteiger partial charge in [0.05, 0.1) is 21.6 Å². The van der Waals surface area contributed by atoms with Crippen LogP contribution in [0.4, 0.5) is 0 Å². The van der Waals surface area contributed by atoms with Crippen LogP contribution in [0.2, 0.25) is 10.0 Å². The Morgan fingerprint density at radius 2 is 2.13 bits per heavy atom. The summed E-state index contributed by atoms with van der Waals surface area (Å²) in [6, 6.07) is 4.95. The van der Waals surface area contributed by atoms with Gasteiger partial charge in [-0.05, 0) is 30.5 Å². The van der Waals surface area contributed by atoms with Crippen molar-refractivity contribution in [3.05, 3.63) is 39.9 Å². The van der Waals surface area contributed by atoms with Gasteiger partial charge in [0, 0.05) is 18.7 Å². The van der Waals surface area contributed by atoms with E-state index in [1.54, 1.807) is 29.2 Å². The van der Waals surface area contributed by atoms with Crippen molar-refractivity contribution in [2.24, 2.45) is 0 Å². The van der Waals surface area contributed by atoms with Gasteiger partial charge in [-0.25, -0.2) is 8.42 Å². The molecular weight excluding hydrogens is 357 g/mol. The van der Waals surface area contributed by atoms with Crippen LogP contribution in [0.25, 0.3) is 6.08 Å². The number of carbonyl (C=O) groups is 1. The minimum atomic E-state index is -3.03.